The van der Waals surface area contributed by atoms with Crippen molar-refractivity contribution in [2.24, 2.45) is 0 Å². The molecule has 110 valence electrons. The largest absolute Gasteiger partial charge is 0.493 e. The van der Waals surface area contributed by atoms with Crippen molar-refractivity contribution in [3.05, 3.63) is 63.9 Å². The van der Waals surface area contributed by atoms with Crippen LogP contribution in [0.3, 0.4) is 0 Å². The average Bonchev–Trinajstić information content (AvgIpc) is 2.94. The number of hydrogen-bond acceptors (Lipinski definition) is 2. The number of fused-ring (bicyclic) bond motifs is 1. The molecule has 3 rings (SSSR count). The number of ether oxygens (including phenoxy) is 1. The van der Waals surface area contributed by atoms with E-state index in [1.165, 1.54) is 12.1 Å². The van der Waals surface area contributed by atoms with Gasteiger partial charge < -0.3 is 9.84 Å². The standard InChI is InChI=1S/C17H16ClFO2/c18-15-8-12-5-6-21-17(12)13(9-15)7-14(10-20)11-1-3-16(19)4-2-11/h1-4,8-9,14,20H,5-7,10H2. The van der Waals surface area contributed by atoms with Gasteiger partial charge in [-0.15, -0.1) is 0 Å². The van der Waals surface area contributed by atoms with Crippen molar-refractivity contribution in [1.29, 1.82) is 0 Å². The van der Waals surface area contributed by atoms with Gasteiger partial charge in [0.25, 0.3) is 0 Å². The van der Waals surface area contributed by atoms with E-state index < -0.39 is 0 Å². The van der Waals surface area contributed by atoms with Crippen molar-refractivity contribution in [3.8, 4) is 5.75 Å². The predicted octanol–water partition coefficient (Wildman–Crippen LogP) is 3.73. The molecule has 1 aliphatic rings. The van der Waals surface area contributed by atoms with Gasteiger partial charge in [0.1, 0.15) is 11.6 Å². The molecular weight excluding hydrogens is 291 g/mol. The van der Waals surface area contributed by atoms with Crippen LogP contribution in [0.5, 0.6) is 5.75 Å². The van der Waals surface area contributed by atoms with E-state index in [-0.39, 0.29) is 18.3 Å². The molecule has 1 aliphatic heterocycles. The van der Waals surface area contributed by atoms with Crippen molar-refractivity contribution in [2.75, 3.05) is 13.2 Å². The quantitative estimate of drug-likeness (QED) is 0.932. The number of benzene rings is 2. The van der Waals surface area contributed by atoms with Crippen LogP contribution < -0.4 is 4.74 Å². The molecule has 0 saturated carbocycles. The van der Waals surface area contributed by atoms with Gasteiger partial charge in [0.2, 0.25) is 0 Å². The first-order chi connectivity index (χ1) is 10.2. The Morgan fingerprint density at radius 2 is 2.00 bits per heavy atom. The Morgan fingerprint density at radius 1 is 1.24 bits per heavy atom. The number of aliphatic hydroxyl groups is 1. The highest BCUT2D eigenvalue weighted by Gasteiger charge is 2.21. The first-order valence-corrected chi connectivity index (χ1v) is 7.35. The average molecular weight is 307 g/mol. The Balaban J connectivity index is 1.89. The van der Waals surface area contributed by atoms with Gasteiger partial charge in [-0.1, -0.05) is 23.7 Å². The summed E-state index contributed by atoms with van der Waals surface area (Å²) in [7, 11) is 0. The number of rotatable bonds is 4. The van der Waals surface area contributed by atoms with Gasteiger partial charge >= 0.3 is 0 Å². The van der Waals surface area contributed by atoms with Crippen LogP contribution >= 0.6 is 11.6 Å². The normalized spacial score (nSPS) is 14.6. The van der Waals surface area contributed by atoms with Crippen molar-refractivity contribution >= 4 is 11.6 Å². The molecular formula is C17H16ClFO2. The van der Waals surface area contributed by atoms with E-state index >= 15 is 0 Å². The number of hydrogen-bond donors (Lipinski definition) is 1. The molecule has 1 unspecified atom stereocenters. The van der Waals surface area contributed by atoms with Crippen LogP contribution in [0.1, 0.15) is 22.6 Å². The fraction of sp³-hybridized carbons (Fsp3) is 0.294. The summed E-state index contributed by atoms with van der Waals surface area (Å²) >= 11 is 6.15. The van der Waals surface area contributed by atoms with E-state index in [1.807, 2.05) is 12.1 Å². The van der Waals surface area contributed by atoms with E-state index in [9.17, 15) is 9.50 Å². The molecule has 0 aromatic heterocycles. The second-order valence-electron chi connectivity index (χ2n) is 5.29. The first-order valence-electron chi connectivity index (χ1n) is 6.98. The fourth-order valence-electron chi connectivity index (χ4n) is 2.79. The molecule has 1 atom stereocenters. The maximum Gasteiger partial charge on any atom is 0.125 e. The minimum Gasteiger partial charge on any atom is -0.493 e. The molecule has 0 bridgehead atoms. The van der Waals surface area contributed by atoms with E-state index in [2.05, 4.69) is 0 Å². The van der Waals surface area contributed by atoms with Gasteiger partial charge in [0.15, 0.2) is 0 Å². The summed E-state index contributed by atoms with van der Waals surface area (Å²) in [6.07, 6.45) is 1.48. The van der Waals surface area contributed by atoms with E-state index in [1.54, 1.807) is 12.1 Å². The van der Waals surface area contributed by atoms with Crippen molar-refractivity contribution < 1.29 is 14.2 Å². The van der Waals surface area contributed by atoms with Crippen LogP contribution in [0.25, 0.3) is 0 Å². The molecule has 1 heterocycles. The lowest BCUT2D eigenvalue weighted by Gasteiger charge is -2.17. The van der Waals surface area contributed by atoms with Gasteiger partial charge in [-0.05, 0) is 47.4 Å². The van der Waals surface area contributed by atoms with Crippen LogP contribution in [0.4, 0.5) is 4.39 Å². The highest BCUT2D eigenvalue weighted by Crippen LogP contribution is 2.35. The molecule has 0 radical (unpaired) electrons. The summed E-state index contributed by atoms with van der Waals surface area (Å²) in [4.78, 5) is 0. The minimum atomic E-state index is -0.276. The van der Waals surface area contributed by atoms with Gasteiger partial charge in [-0.25, -0.2) is 4.39 Å². The Bertz CT molecular complexity index is 640. The van der Waals surface area contributed by atoms with Crippen molar-refractivity contribution in [3.63, 3.8) is 0 Å². The van der Waals surface area contributed by atoms with Crippen LogP contribution in [0.2, 0.25) is 5.02 Å². The maximum absolute atomic E-state index is 13.0. The molecule has 0 fully saturated rings. The smallest absolute Gasteiger partial charge is 0.125 e. The number of aliphatic hydroxyl groups excluding tert-OH is 1. The molecule has 0 amide bonds. The molecule has 4 heteroatoms. The number of halogens is 2. The minimum absolute atomic E-state index is 0.00702. The van der Waals surface area contributed by atoms with E-state index in [0.717, 1.165) is 28.9 Å². The molecule has 0 spiro atoms. The Kier molecular flexibility index (Phi) is 4.13. The molecule has 0 aliphatic carbocycles. The van der Waals surface area contributed by atoms with Crippen molar-refractivity contribution in [1.82, 2.24) is 0 Å². The molecule has 1 N–H and O–H groups in total. The highest BCUT2D eigenvalue weighted by molar-refractivity contribution is 6.30. The highest BCUT2D eigenvalue weighted by atomic mass is 35.5. The SMILES string of the molecule is OCC(Cc1cc(Cl)cc2c1OCC2)c1ccc(F)cc1. The zero-order chi connectivity index (χ0) is 14.8. The lowest BCUT2D eigenvalue weighted by molar-refractivity contribution is 0.263. The van der Waals surface area contributed by atoms with Crippen LogP contribution in [0, 0.1) is 5.82 Å². The Labute approximate surface area is 128 Å². The molecule has 2 aromatic rings. The molecule has 21 heavy (non-hydrogen) atoms. The summed E-state index contributed by atoms with van der Waals surface area (Å²) in [6.45, 7) is 0.663. The zero-order valence-electron chi connectivity index (χ0n) is 11.5. The van der Waals surface area contributed by atoms with E-state index in [4.69, 9.17) is 16.3 Å². The predicted molar refractivity (Wildman–Crippen MR) is 80.6 cm³/mol. The lowest BCUT2D eigenvalue weighted by Crippen LogP contribution is -2.09. The molecule has 2 nitrogen and oxygen atoms in total. The van der Waals surface area contributed by atoms with Crippen LogP contribution in [-0.2, 0) is 12.8 Å². The van der Waals surface area contributed by atoms with Gasteiger partial charge in [0, 0.05) is 17.4 Å². The van der Waals surface area contributed by atoms with Gasteiger partial charge in [0.05, 0.1) is 13.2 Å². The maximum atomic E-state index is 13.0. The van der Waals surface area contributed by atoms with Crippen LogP contribution in [0.15, 0.2) is 36.4 Å². The monoisotopic (exact) mass is 306 g/mol. The topological polar surface area (TPSA) is 29.5 Å². The third kappa shape index (κ3) is 3.04. The summed E-state index contributed by atoms with van der Waals surface area (Å²) in [6, 6.07) is 10.1. The second-order valence-corrected chi connectivity index (χ2v) is 5.72. The van der Waals surface area contributed by atoms with E-state index in [0.29, 0.717) is 18.1 Å². The summed E-state index contributed by atoms with van der Waals surface area (Å²) < 4.78 is 18.7. The lowest BCUT2D eigenvalue weighted by atomic mass is 9.91. The Morgan fingerprint density at radius 3 is 2.71 bits per heavy atom. The second kappa shape index (κ2) is 6.04. The molecule has 2 aromatic carbocycles. The van der Waals surface area contributed by atoms with Crippen LogP contribution in [-0.4, -0.2) is 18.3 Å². The summed E-state index contributed by atoms with van der Waals surface area (Å²) in [5.41, 5.74) is 3.03. The van der Waals surface area contributed by atoms with Gasteiger partial charge in [-0.2, -0.15) is 0 Å². The third-order valence-electron chi connectivity index (χ3n) is 3.85. The summed E-state index contributed by atoms with van der Waals surface area (Å²) in [5.74, 6) is 0.514. The fourth-order valence-corrected chi connectivity index (χ4v) is 3.05. The first kappa shape index (κ1) is 14.4. The van der Waals surface area contributed by atoms with Gasteiger partial charge in [-0.3, -0.25) is 0 Å². The molecule has 0 saturated heterocycles. The zero-order valence-corrected chi connectivity index (χ0v) is 12.2. The third-order valence-corrected chi connectivity index (χ3v) is 4.07. The van der Waals surface area contributed by atoms with Crippen molar-refractivity contribution in [2.45, 2.75) is 18.8 Å². The Hall–Kier alpha value is -1.58. The summed E-state index contributed by atoms with van der Waals surface area (Å²) in [5, 5.41) is 10.3.